The number of carbonyl (C=O) groups is 1. The topological polar surface area (TPSA) is 66.1 Å². The number of amides is 1. The van der Waals surface area contributed by atoms with Crippen LogP contribution >= 0.6 is 0 Å². The zero-order valence-corrected chi connectivity index (χ0v) is 16.5. The van der Waals surface area contributed by atoms with Gasteiger partial charge in [0.1, 0.15) is 11.4 Å². The van der Waals surface area contributed by atoms with Crippen LogP contribution in [0.5, 0.6) is 0 Å². The van der Waals surface area contributed by atoms with E-state index < -0.39 is 0 Å². The highest BCUT2D eigenvalue weighted by Crippen LogP contribution is 2.59. The molecule has 0 aliphatic heterocycles. The summed E-state index contributed by atoms with van der Waals surface area (Å²) in [5.41, 5.74) is 0.0371. The summed E-state index contributed by atoms with van der Waals surface area (Å²) in [5, 5.41) is 0. The third-order valence-electron chi connectivity index (χ3n) is 7.38. The molecule has 0 saturated heterocycles. The third-order valence-corrected chi connectivity index (χ3v) is 7.38. The molecule has 1 heterocycles. The molecule has 146 valence electrons. The molecule has 27 heavy (non-hydrogen) atoms. The zero-order valence-electron chi connectivity index (χ0n) is 16.5. The van der Waals surface area contributed by atoms with Gasteiger partial charge < -0.3 is 9.88 Å². The van der Waals surface area contributed by atoms with Crippen molar-refractivity contribution in [2.24, 2.45) is 23.7 Å². The maximum Gasteiger partial charge on any atom is 0.263 e. The van der Waals surface area contributed by atoms with Gasteiger partial charge in [-0.05, 0) is 75.0 Å². The summed E-state index contributed by atoms with van der Waals surface area (Å²) in [6, 6.07) is 0.308. The Morgan fingerprint density at radius 3 is 2.26 bits per heavy atom. The van der Waals surface area contributed by atoms with Gasteiger partial charge in [-0.1, -0.05) is 13.8 Å². The Morgan fingerprint density at radius 1 is 1.19 bits per heavy atom. The molecule has 0 radical (unpaired) electrons. The molecular weight excluding hydrogens is 338 g/mol. The van der Waals surface area contributed by atoms with Crippen LogP contribution in [0.3, 0.4) is 0 Å². The zero-order chi connectivity index (χ0) is 18.8. The fourth-order valence-electron chi connectivity index (χ4n) is 6.55. The van der Waals surface area contributed by atoms with Crippen molar-refractivity contribution >= 4 is 5.91 Å². The van der Waals surface area contributed by atoms with Gasteiger partial charge in [-0.15, -0.1) is 0 Å². The molecule has 1 aromatic heterocycles. The molecule has 5 nitrogen and oxygen atoms in total. The highest BCUT2D eigenvalue weighted by Gasteiger charge is 2.53. The normalized spacial score (nSPS) is 34.3. The van der Waals surface area contributed by atoms with Crippen molar-refractivity contribution in [3.8, 4) is 0 Å². The Hall–Kier alpha value is -1.65. The first-order valence-corrected chi connectivity index (χ1v) is 10.8. The fraction of sp³-hybridized carbons (Fsp3) is 0.773. The van der Waals surface area contributed by atoms with Crippen LogP contribution in [0, 0.1) is 23.7 Å². The van der Waals surface area contributed by atoms with Crippen LogP contribution in [-0.4, -0.2) is 33.4 Å². The molecule has 4 bridgehead atoms. The van der Waals surface area contributed by atoms with Gasteiger partial charge in [0, 0.05) is 24.2 Å². The average Bonchev–Trinajstić information content (AvgIpc) is 3.42. The van der Waals surface area contributed by atoms with Gasteiger partial charge in [0.25, 0.3) is 11.5 Å². The van der Waals surface area contributed by atoms with Crippen LogP contribution in [0.1, 0.15) is 81.4 Å². The molecule has 0 atom stereocenters. The van der Waals surface area contributed by atoms with E-state index in [1.54, 1.807) is 6.20 Å². The number of hydrogen-bond donors (Lipinski definition) is 1. The van der Waals surface area contributed by atoms with E-state index >= 15 is 0 Å². The third kappa shape index (κ3) is 3.03. The Balaban J connectivity index is 1.43. The van der Waals surface area contributed by atoms with Crippen molar-refractivity contribution in [3.05, 3.63) is 27.9 Å². The maximum atomic E-state index is 13.0. The molecule has 0 aromatic carbocycles. The smallest absolute Gasteiger partial charge is 0.263 e. The van der Waals surface area contributed by atoms with E-state index in [1.807, 2.05) is 4.90 Å². The average molecular weight is 370 g/mol. The van der Waals surface area contributed by atoms with E-state index in [4.69, 9.17) is 0 Å². The van der Waals surface area contributed by atoms with Crippen LogP contribution in [0.4, 0.5) is 0 Å². The molecule has 6 rings (SSSR count). The summed E-state index contributed by atoms with van der Waals surface area (Å²) < 4.78 is 0. The van der Waals surface area contributed by atoms with E-state index in [2.05, 4.69) is 23.8 Å². The molecular formula is C22H31N3O2. The van der Waals surface area contributed by atoms with E-state index in [1.165, 1.54) is 19.3 Å². The SMILES string of the molecule is CC(C)CN(C(=O)c1cnc(C23CC4CC(CC(C4)C2)C3)[nH]c1=O)C1CC1. The number of carbonyl (C=O) groups excluding carboxylic acids is 1. The Kier molecular flexibility index (Phi) is 3.99. The van der Waals surface area contributed by atoms with Crippen molar-refractivity contribution in [2.45, 2.75) is 76.7 Å². The summed E-state index contributed by atoms with van der Waals surface area (Å²) in [6.07, 6.45) is 11.3. The van der Waals surface area contributed by atoms with Crippen LogP contribution < -0.4 is 5.56 Å². The molecule has 1 N–H and O–H groups in total. The number of nitrogens with zero attached hydrogens (tertiary/aromatic N) is 2. The maximum absolute atomic E-state index is 13.0. The van der Waals surface area contributed by atoms with Gasteiger partial charge in [0.2, 0.25) is 0 Å². The number of H-pyrrole nitrogens is 1. The van der Waals surface area contributed by atoms with Gasteiger partial charge in [-0.25, -0.2) is 4.98 Å². The minimum atomic E-state index is -0.241. The Bertz CT molecular complexity index is 773. The van der Waals surface area contributed by atoms with Crippen molar-refractivity contribution in [2.75, 3.05) is 6.54 Å². The van der Waals surface area contributed by atoms with Gasteiger partial charge in [0.05, 0.1) is 0 Å². The second-order valence-electron chi connectivity index (χ2n) is 10.3. The van der Waals surface area contributed by atoms with E-state index in [-0.39, 0.29) is 22.4 Å². The number of rotatable bonds is 5. The molecule has 0 unspecified atom stereocenters. The lowest BCUT2D eigenvalue weighted by atomic mass is 9.49. The summed E-state index contributed by atoms with van der Waals surface area (Å²) in [6.45, 7) is 4.93. The van der Waals surface area contributed by atoms with Gasteiger partial charge >= 0.3 is 0 Å². The summed E-state index contributed by atoms with van der Waals surface area (Å²) in [4.78, 5) is 35.5. The highest BCUT2D eigenvalue weighted by atomic mass is 16.2. The van der Waals surface area contributed by atoms with E-state index in [0.29, 0.717) is 18.5 Å². The lowest BCUT2D eigenvalue weighted by Gasteiger charge is -2.56. The summed E-state index contributed by atoms with van der Waals surface area (Å²) in [5.74, 6) is 3.52. The van der Waals surface area contributed by atoms with Crippen LogP contribution in [0.25, 0.3) is 0 Å². The monoisotopic (exact) mass is 369 g/mol. The standard InChI is InChI=1S/C22H31N3O2/c1-13(2)12-25(17-3-4-17)20(27)18-11-23-21(24-19(18)26)22-8-14-5-15(9-22)7-16(6-14)10-22/h11,13-17H,3-10,12H2,1-2H3,(H,23,24,26). The number of aromatic amines is 1. The first kappa shape index (κ1) is 17.4. The fourth-order valence-corrected chi connectivity index (χ4v) is 6.55. The second kappa shape index (κ2) is 6.18. The van der Waals surface area contributed by atoms with Gasteiger partial charge in [0.15, 0.2) is 0 Å². The van der Waals surface area contributed by atoms with Crippen molar-refractivity contribution in [1.29, 1.82) is 0 Å². The molecule has 5 heteroatoms. The Labute approximate surface area is 160 Å². The largest absolute Gasteiger partial charge is 0.335 e. The van der Waals surface area contributed by atoms with Crippen molar-refractivity contribution in [3.63, 3.8) is 0 Å². The van der Waals surface area contributed by atoms with Crippen LogP contribution in [-0.2, 0) is 5.41 Å². The minimum Gasteiger partial charge on any atom is -0.335 e. The molecule has 5 aliphatic carbocycles. The van der Waals surface area contributed by atoms with Crippen LogP contribution in [0.15, 0.2) is 11.0 Å². The molecule has 1 aromatic rings. The summed E-state index contributed by atoms with van der Waals surface area (Å²) >= 11 is 0. The second-order valence-corrected chi connectivity index (χ2v) is 10.3. The number of hydrogen-bond acceptors (Lipinski definition) is 3. The lowest BCUT2D eigenvalue weighted by molar-refractivity contribution is -0.00955. The predicted octanol–water partition coefficient (Wildman–Crippen LogP) is 3.50. The van der Waals surface area contributed by atoms with Crippen LogP contribution in [0.2, 0.25) is 0 Å². The predicted molar refractivity (Wildman–Crippen MR) is 104 cm³/mol. The molecule has 0 spiro atoms. The van der Waals surface area contributed by atoms with Crippen molar-refractivity contribution < 1.29 is 4.79 Å². The number of aromatic nitrogens is 2. The van der Waals surface area contributed by atoms with E-state index in [9.17, 15) is 9.59 Å². The van der Waals surface area contributed by atoms with Gasteiger partial charge in [-0.2, -0.15) is 0 Å². The number of nitrogens with one attached hydrogen (secondary N) is 1. The quantitative estimate of drug-likeness (QED) is 0.864. The molecule has 1 amide bonds. The first-order chi connectivity index (χ1) is 12.9. The summed E-state index contributed by atoms with van der Waals surface area (Å²) in [7, 11) is 0. The van der Waals surface area contributed by atoms with Gasteiger partial charge in [-0.3, -0.25) is 9.59 Å². The molecule has 5 aliphatic rings. The first-order valence-electron chi connectivity index (χ1n) is 10.8. The Morgan fingerprint density at radius 2 is 1.78 bits per heavy atom. The lowest BCUT2D eigenvalue weighted by Crippen LogP contribution is -2.50. The highest BCUT2D eigenvalue weighted by molar-refractivity contribution is 5.94. The van der Waals surface area contributed by atoms with Crippen molar-refractivity contribution in [1.82, 2.24) is 14.9 Å². The minimum absolute atomic E-state index is 0.0591. The molecule has 5 fully saturated rings. The van der Waals surface area contributed by atoms with E-state index in [0.717, 1.165) is 55.7 Å². The molecule has 5 saturated carbocycles.